The Hall–Kier alpha value is -2.76. The number of fused-ring (bicyclic) bond motifs is 1. The molecule has 1 aromatic heterocycles. The second-order valence-electron chi connectivity index (χ2n) is 8.41. The smallest absolute Gasteiger partial charge is 0.272 e. The fourth-order valence-electron chi connectivity index (χ4n) is 4.95. The van der Waals surface area contributed by atoms with E-state index in [4.69, 9.17) is 0 Å². The molecule has 3 heterocycles. The lowest BCUT2D eigenvalue weighted by Gasteiger charge is -2.39. The largest absolute Gasteiger partial charge is 0.338 e. The number of halogens is 1. The maximum Gasteiger partial charge on any atom is 0.272 e. The monoisotopic (exact) mass is 393 g/mol. The highest BCUT2D eigenvalue weighted by molar-refractivity contribution is 5.92. The number of nitrogens with zero attached hydrogens (tertiary/aromatic N) is 3. The Balaban J connectivity index is 1.42. The fourth-order valence-corrected chi connectivity index (χ4v) is 4.95. The van der Waals surface area contributed by atoms with Crippen LogP contribution in [0.25, 0.3) is 0 Å². The molecule has 0 N–H and O–H groups in total. The Kier molecular flexibility index (Phi) is 4.57. The van der Waals surface area contributed by atoms with E-state index in [0.29, 0.717) is 25.3 Å². The third-order valence-corrected chi connectivity index (χ3v) is 6.61. The molecule has 1 saturated carbocycles. The van der Waals surface area contributed by atoms with Gasteiger partial charge in [0.05, 0.1) is 0 Å². The molecule has 0 spiro atoms. The van der Waals surface area contributed by atoms with Crippen LogP contribution in [0.3, 0.4) is 0 Å². The van der Waals surface area contributed by atoms with Crippen LogP contribution in [0.2, 0.25) is 0 Å². The lowest BCUT2D eigenvalue weighted by Crippen LogP contribution is -2.50. The number of hydrogen-bond donors (Lipinski definition) is 0. The van der Waals surface area contributed by atoms with Crippen molar-refractivity contribution in [2.45, 2.75) is 31.2 Å². The molecule has 6 heteroatoms. The number of likely N-dealkylation sites (tertiary alicyclic amines) is 2. The summed E-state index contributed by atoms with van der Waals surface area (Å²) in [6, 6.07) is 12.1. The summed E-state index contributed by atoms with van der Waals surface area (Å²) in [6.07, 6.45) is 4.38. The van der Waals surface area contributed by atoms with E-state index in [0.717, 1.165) is 24.8 Å². The molecule has 29 heavy (non-hydrogen) atoms. The van der Waals surface area contributed by atoms with Gasteiger partial charge >= 0.3 is 0 Å². The first kappa shape index (κ1) is 18.3. The number of benzene rings is 1. The van der Waals surface area contributed by atoms with Gasteiger partial charge in [-0.1, -0.05) is 18.2 Å². The van der Waals surface area contributed by atoms with Gasteiger partial charge in [-0.3, -0.25) is 14.6 Å². The molecule has 3 fully saturated rings. The normalized spacial score (nSPS) is 26.3. The number of aromatic nitrogens is 1. The summed E-state index contributed by atoms with van der Waals surface area (Å²) in [6.45, 7) is 1.87. The van der Waals surface area contributed by atoms with Crippen molar-refractivity contribution >= 4 is 11.8 Å². The molecule has 2 aromatic rings. The van der Waals surface area contributed by atoms with Gasteiger partial charge in [-0.15, -0.1) is 0 Å². The Morgan fingerprint density at radius 3 is 2.48 bits per heavy atom. The van der Waals surface area contributed by atoms with E-state index in [1.165, 1.54) is 12.1 Å². The summed E-state index contributed by atoms with van der Waals surface area (Å²) >= 11 is 0. The maximum atomic E-state index is 13.5. The minimum absolute atomic E-state index is 0.0612. The third kappa shape index (κ3) is 3.41. The minimum Gasteiger partial charge on any atom is -0.338 e. The fraction of sp³-hybridized carbons (Fsp3) is 0.435. The molecular weight excluding hydrogens is 369 g/mol. The van der Waals surface area contributed by atoms with Crippen molar-refractivity contribution in [1.29, 1.82) is 0 Å². The summed E-state index contributed by atoms with van der Waals surface area (Å²) in [5.41, 5.74) is 1.49. The first-order chi connectivity index (χ1) is 14.1. The number of piperidine rings is 1. The van der Waals surface area contributed by atoms with Gasteiger partial charge in [0.2, 0.25) is 5.91 Å². The van der Waals surface area contributed by atoms with Gasteiger partial charge in [0, 0.05) is 49.6 Å². The SMILES string of the molecule is O=C(c1ccccn1)N1CC[C@@H]2[C@H](C1)[C@@H](c1ccc(F)cc1)CN2C(=O)C1CC1. The zero-order chi connectivity index (χ0) is 20.0. The molecule has 5 rings (SSSR count). The van der Waals surface area contributed by atoms with Crippen LogP contribution in [0, 0.1) is 17.7 Å². The van der Waals surface area contributed by atoms with Crippen LogP contribution in [0.4, 0.5) is 4.39 Å². The van der Waals surface area contributed by atoms with E-state index >= 15 is 0 Å². The van der Waals surface area contributed by atoms with E-state index in [1.54, 1.807) is 18.3 Å². The molecule has 2 amide bonds. The summed E-state index contributed by atoms with van der Waals surface area (Å²) in [5.74, 6) is 0.385. The molecule has 2 saturated heterocycles. The summed E-state index contributed by atoms with van der Waals surface area (Å²) in [5, 5.41) is 0. The average molecular weight is 393 g/mol. The maximum absolute atomic E-state index is 13.5. The topological polar surface area (TPSA) is 53.5 Å². The molecular formula is C23H24FN3O2. The highest BCUT2D eigenvalue weighted by Crippen LogP contribution is 2.44. The van der Waals surface area contributed by atoms with Gasteiger partial charge in [-0.05, 0) is 49.1 Å². The Labute approximate surface area is 169 Å². The van der Waals surface area contributed by atoms with E-state index in [9.17, 15) is 14.0 Å². The first-order valence-electron chi connectivity index (χ1n) is 10.4. The minimum atomic E-state index is -0.259. The molecule has 0 bridgehead atoms. The second kappa shape index (κ2) is 7.25. The predicted octanol–water partition coefficient (Wildman–Crippen LogP) is 3.09. The van der Waals surface area contributed by atoms with Gasteiger partial charge in [-0.2, -0.15) is 0 Å². The number of hydrogen-bond acceptors (Lipinski definition) is 3. The van der Waals surface area contributed by atoms with Crippen LogP contribution >= 0.6 is 0 Å². The van der Waals surface area contributed by atoms with Crippen molar-refractivity contribution in [2.75, 3.05) is 19.6 Å². The van der Waals surface area contributed by atoms with Crippen LogP contribution in [0.15, 0.2) is 48.7 Å². The number of rotatable bonds is 3. The van der Waals surface area contributed by atoms with Crippen LogP contribution < -0.4 is 0 Å². The first-order valence-corrected chi connectivity index (χ1v) is 10.4. The molecule has 1 aliphatic carbocycles. The molecule has 0 radical (unpaired) electrons. The van der Waals surface area contributed by atoms with E-state index in [2.05, 4.69) is 9.88 Å². The van der Waals surface area contributed by atoms with E-state index in [-0.39, 0.29) is 41.4 Å². The van der Waals surface area contributed by atoms with Gasteiger partial charge in [0.15, 0.2) is 0 Å². The van der Waals surface area contributed by atoms with E-state index < -0.39 is 0 Å². The summed E-state index contributed by atoms with van der Waals surface area (Å²) in [4.78, 5) is 34.0. The lowest BCUT2D eigenvalue weighted by atomic mass is 9.81. The highest BCUT2D eigenvalue weighted by atomic mass is 19.1. The van der Waals surface area contributed by atoms with Crippen LogP contribution in [-0.4, -0.2) is 52.3 Å². The quantitative estimate of drug-likeness (QED) is 0.805. The van der Waals surface area contributed by atoms with Crippen LogP contribution in [-0.2, 0) is 4.79 Å². The van der Waals surface area contributed by atoms with Crippen molar-refractivity contribution in [1.82, 2.24) is 14.8 Å². The van der Waals surface area contributed by atoms with E-state index in [1.807, 2.05) is 23.1 Å². The van der Waals surface area contributed by atoms with Crippen molar-refractivity contribution in [3.05, 3.63) is 65.7 Å². The average Bonchev–Trinajstić information content (AvgIpc) is 3.54. The number of amides is 2. The van der Waals surface area contributed by atoms with Crippen molar-refractivity contribution in [3.8, 4) is 0 Å². The molecule has 3 aliphatic rings. The van der Waals surface area contributed by atoms with Gasteiger partial charge in [0.1, 0.15) is 11.5 Å². The number of carbonyl (C=O) groups is 2. The lowest BCUT2D eigenvalue weighted by molar-refractivity contribution is -0.134. The Morgan fingerprint density at radius 2 is 1.79 bits per heavy atom. The summed E-state index contributed by atoms with van der Waals surface area (Å²) in [7, 11) is 0. The molecule has 3 atom stereocenters. The Bertz CT molecular complexity index is 913. The molecule has 150 valence electrons. The zero-order valence-corrected chi connectivity index (χ0v) is 16.2. The molecule has 0 unspecified atom stereocenters. The molecule has 1 aromatic carbocycles. The van der Waals surface area contributed by atoms with Crippen LogP contribution in [0.5, 0.6) is 0 Å². The zero-order valence-electron chi connectivity index (χ0n) is 16.2. The number of pyridine rings is 1. The van der Waals surface area contributed by atoms with Crippen LogP contribution in [0.1, 0.15) is 41.2 Å². The molecule has 5 nitrogen and oxygen atoms in total. The highest BCUT2D eigenvalue weighted by Gasteiger charge is 2.50. The van der Waals surface area contributed by atoms with Crippen molar-refractivity contribution < 1.29 is 14.0 Å². The van der Waals surface area contributed by atoms with Gasteiger partial charge < -0.3 is 9.80 Å². The number of carbonyl (C=O) groups excluding carboxylic acids is 2. The standard InChI is InChI=1S/C23H24FN3O2/c24-17-8-6-15(7-9-17)18-14-27(22(28)16-4-5-16)21-10-12-26(13-19(18)21)23(29)20-3-1-2-11-25-20/h1-3,6-9,11,16,18-19,21H,4-5,10,12-14H2/t18-,19-,21-/m1/s1. The third-order valence-electron chi connectivity index (χ3n) is 6.61. The van der Waals surface area contributed by atoms with Crippen molar-refractivity contribution in [3.63, 3.8) is 0 Å². The van der Waals surface area contributed by atoms with Crippen molar-refractivity contribution in [2.24, 2.45) is 11.8 Å². The Morgan fingerprint density at radius 1 is 1.00 bits per heavy atom. The predicted molar refractivity (Wildman–Crippen MR) is 106 cm³/mol. The van der Waals surface area contributed by atoms with Gasteiger partial charge in [0.25, 0.3) is 5.91 Å². The molecule has 2 aliphatic heterocycles. The van der Waals surface area contributed by atoms with Gasteiger partial charge in [-0.25, -0.2) is 4.39 Å². The summed E-state index contributed by atoms with van der Waals surface area (Å²) < 4.78 is 13.5. The second-order valence-corrected chi connectivity index (χ2v) is 8.41.